The molecule has 0 unspecified atom stereocenters. The molecule has 0 aliphatic rings. The summed E-state index contributed by atoms with van der Waals surface area (Å²) < 4.78 is 5.05. The van der Waals surface area contributed by atoms with Crippen molar-refractivity contribution in [1.29, 1.82) is 0 Å². The van der Waals surface area contributed by atoms with Gasteiger partial charge in [-0.05, 0) is 29.8 Å². The minimum atomic E-state index is -1.24. The van der Waals surface area contributed by atoms with E-state index in [1.807, 2.05) is 30.3 Å². The van der Waals surface area contributed by atoms with Crippen molar-refractivity contribution >= 4 is 17.6 Å². The largest absolute Gasteiger partial charge is 0.544 e. The number of hydrogen-bond donors (Lipinski definition) is 2. The SMILES string of the molecule is COc1ccc(NC(=O)C[C@H]([NH2+]CCc2ccccc2)C(=O)[O-])cc1. The number of carbonyl (C=O) groups excluding carboxylic acids is 2. The molecule has 0 heterocycles. The second-order valence-electron chi connectivity index (χ2n) is 5.67. The number of carbonyl (C=O) groups is 2. The molecule has 0 aliphatic carbocycles. The van der Waals surface area contributed by atoms with Crippen molar-refractivity contribution < 1.29 is 24.7 Å². The maximum atomic E-state index is 12.1. The van der Waals surface area contributed by atoms with Crippen LogP contribution < -0.4 is 20.5 Å². The zero-order valence-corrected chi connectivity index (χ0v) is 14.1. The Morgan fingerprint density at radius 1 is 1.12 bits per heavy atom. The minimum Gasteiger partial charge on any atom is -0.544 e. The van der Waals surface area contributed by atoms with Crippen LogP contribution in [0.2, 0.25) is 0 Å². The number of hydrogen-bond acceptors (Lipinski definition) is 4. The molecular formula is C19H22N2O4. The summed E-state index contributed by atoms with van der Waals surface area (Å²) in [4.78, 5) is 23.3. The number of rotatable bonds is 9. The number of anilines is 1. The zero-order valence-electron chi connectivity index (χ0n) is 14.1. The summed E-state index contributed by atoms with van der Waals surface area (Å²) in [6, 6.07) is 15.7. The van der Waals surface area contributed by atoms with E-state index in [0.29, 0.717) is 18.0 Å². The lowest BCUT2D eigenvalue weighted by molar-refractivity contribution is -0.682. The topological polar surface area (TPSA) is 95.1 Å². The molecule has 1 amide bonds. The first-order valence-electron chi connectivity index (χ1n) is 8.10. The van der Waals surface area contributed by atoms with Crippen LogP contribution in [0.25, 0.3) is 0 Å². The Balaban J connectivity index is 1.82. The van der Waals surface area contributed by atoms with Crippen LogP contribution in [0.1, 0.15) is 12.0 Å². The van der Waals surface area contributed by atoms with E-state index < -0.39 is 12.0 Å². The average molecular weight is 342 g/mol. The molecule has 0 radical (unpaired) electrons. The first kappa shape index (κ1) is 18.5. The quantitative estimate of drug-likeness (QED) is 0.668. The van der Waals surface area contributed by atoms with Crippen molar-refractivity contribution in [3.05, 3.63) is 60.2 Å². The highest BCUT2D eigenvalue weighted by Gasteiger charge is 2.18. The van der Waals surface area contributed by atoms with Crippen molar-refractivity contribution in [2.75, 3.05) is 19.0 Å². The Hall–Kier alpha value is -2.86. The van der Waals surface area contributed by atoms with Gasteiger partial charge in [0.25, 0.3) is 0 Å². The van der Waals surface area contributed by atoms with Gasteiger partial charge in [0.2, 0.25) is 5.91 Å². The third-order valence-electron chi connectivity index (χ3n) is 3.81. The average Bonchev–Trinajstić information content (AvgIpc) is 2.62. The number of quaternary nitrogens is 1. The van der Waals surface area contributed by atoms with Crippen molar-refractivity contribution in [3.8, 4) is 5.75 Å². The number of nitrogens with two attached hydrogens (primary N) is 1. The molecule has 132 valence electrons. The number of ether oxygens (including phenoxy) is 1. The molecule has 2 rings (SSSR count). The molecule has 2 aromatic rings. The molecule has 6 nitrogen and oxygen atoms in total. The van der Waals surface area contributed by atoms with Gasteiger partial charge in [0.05, 0.1) is 26.0 Å². The number of nitrogens with one attached hydrogen (secondary N) is 1. The van der Waals surface area contributed by atoms with E-state index in [4.69, 9.17) is 4.74 Å². The predicted octanol–water partition coefficient (Wildman–Crippen LogP) is -0.0516. The zero-order chi connectivity index (χ0) is 18.1. The lowest BCUT2D eigenvalue weighted by Gasteiger charge is -2.16. The highest BCUT2D eigenvalue weighted by Crippen LogP contribution is 2.15. The summed E-state index contributed by atoms with van der Waals surface area (Å²) in [6.07, 6.45) is 0.577. The minimum absolute atomic E-state index is 0.150. The Labute approximate surface area is 146 Å². The van der Waals surface area contributed by atoms with Crippen molar-refractivity contribution in [2.45, 2.75) is 18.9 Å². The van der Waals surface area contributed by atoms with E-state index in [2.05, 4.69) is 5.32 Å². The number of carboxylic acids is 1. The van der Waals surface area contributed by atoms with Gasteiger partial charge in [-0.3, -0.25) is 4.79 Å². The number of benzene rings is 2. The molecule has 0 saturated heterocycles. The Morgan fingerprint density at radius 3 is 2.40 bits per heavy atom. The summed E-state index contributed by atoms with van der Waals surface area (Å²) in [5.41, 5.74) is 1.71. The molecule has 25 heavy (non-hydrogen) atoms. The second kappa shape index (κ2) is 9.44. The number of aliphatic carboxylic acids is 1. The third-order valence-corrected chi connectivity index (χ3v) is 3.81. The van der Waals surface area contributed by atoms with Gasteiger partial charge in [-0.15, -0.1) is 0 Å². The number of methoxy groups -OCH3 is 1. The van der Waals surface area contributed by atoms with E-state index in [-0.39, 0.29) is 12.3 Å². The summed E-state index contributed by atoms with van der Waals surface area (Å²) in [7, 11) is 1.56. The standard InChI is InChI=1S/C19H22N2O4/c1-25-16-9-7-15(8-10-16)21-18(22)13-17(19(23)24)20-12-11-14-5-3-2-4-6-14/h2-10,17,20H,11-13H2,1H3,(H,21,22)(H,23,24)/t17-/m0/s1. The molecular weight excluding hydrogens is 320 g/mol. The van der Waals surface area contributed by atoms with Gasteiger partial charge in [-0.1, -0.05) is 30.3 Å². The molecule has 6 heteroatoms. The first-order chi connectivity index (χ1) is 12.1. The Bertz CT molecular complexity index is 686. The van der Waals surface area contributed by atoms with Crippen molar-refractivity contribution in [1.82, 2.24) is 0 Å². The molecule has 2 aromatic carbocycles. The number of amides is 1. The maximum Gasteiger partial charge on any atom is 0.230 e. The van der Waals surface area contributed by atoms with Gasteiger partial charge in [0.1, 0.15) is 11.8 Å². The van der Waals surface area contributed by atoms with Crippen LogP contribution in [-0.2, 0) is 16.0 Å². The molecule has 3 N–H and O–H groups in total. The van der Waals surface area contributed by atoms with Gasteiger partial charge in [0, 0.05) is 12.1 Å². The molecule has 0 aliphatic heterocycles. The van der Waals surface area contributed by atoms with Crippen LogP contribution in [0.4, 0.5) is 5.69 Å². The van der Waals surface area contributed by atoms with Gasteiger partial charge in [-0.25, -0.2) is 0 Å². The van der Waals surface area contributed by atoms with E-state index in [1.54, 1.807) is 36.7 Å². The van der Waals surface area contributed by atoms with Gasteiger partial charge < -0.3 is 25.3 Å². The maximum absolute atomic E-state index is 12.1. The van der Waals surface area contributed by atoms with Gasteiger partial charge >= 0.3 is 0 Å². The van der Waals surface area contributed by atoms with E-state index in [9.17, 15) is 14.7 Å². The fourth-order valence-electron chi connectivity index (χ4n) is 2.44. The second-order valence-corrected chi connectivity index (χ2v) is 5.67. The lowest BCUT2D eigenvalue weighted by Crippen LogP contribution is -2.93. The molecule has 0 fully saturated rings. The number of carboxylic acid groups (broad SMARTS) is 1. The predicted molar refractivity (Wildman–Crippen MR) is 92.0 cm³/mol. The fraction of sp³-hybridized carbons (Fsp3) is 0.263. The van der Waals surface area contributed by atoms with E-state index in [1.165, 1.54) is 0 Å². The smallest absolute Gasteiger partial charge is 0.230 e. The molecule has 0 aromatic heterocycles. The van der Waals surface area contributed by atoms with Crippen LogP contribution in [-0.4, -0.2) is 31.6 Å². The Kier molecular flexibility index (Phi) is 6.98. The summed E-state index contributed by atoms with van der Waals surface area (Å²) in [5, 5.41) is 15.6. The normalized spacial score (nSPS) is 11.6. The Morgan fingerprint density at radius 2 is 1.80 bits per heavy atom. The van der Waals surface area contributed by atoms with Gasteiger partial charge in [-0.2, -0.15) is 0 Å². The van der Waals surface area contributed by atoms with Crippen LogP contribution in [0.3, 0.4) is 0 Å². The van der Waals surface area contributed by atoms with Crippen LogP contribution in [0, 0.1) is 0 Å². The van der Waals surface area contributed by atoms with Crippen LogP contribution in [0.15, 0.2) is 54.6 Å². The highest BCUT2D eigenvalue weighted by atomic mass is 16.5. The molecule has 0 saturated carbocycles. The molecule has 0 bridgehead atoms. The van der Waals surface area contributed by atoms with Crippen LogP contribution in [0.5, 0.6) is 5.75 Å². The highest BCUT2D eigenvalue weighted by molar-refractivity contribution is 5.93. The fourth-order valence-corrected chi connectivity index (χ4v) is 2.44. The summed E-state index contributed by atoms with van der Waals surface area (Å²) in [5.74, 6) is -0.923. The monoisotopic (exact) mass is 342 g/mol. The van der Waals surface area contributed by atoms with Crippen molar-refractivity contribution in [3.63, 3.8) is 0 Å². The molecule has 1 atom stereocenters. The summed E-state index contributed by atoms with van der Waals surface area (Å²) in [6.45, 7) is 0.568. The van der Waals surface area contributed by atoms with Crippen molar-refractivity contribution in [2.24, 2.45) is 0 Å². The first-order valence-corrected chi connectivity index (χ1v) is 8.10. The third kappa shape index (κ3) is 6.27. The van der Waals surface area contributed by atoms with E-state index in [0.717, 1.165) is 12.0 Å². The van der Waals surface area contributed by atoms with E-state index >= 15 is 0 Å². The molecule has 0 spiro atoms. The van der Waals surface area contributed by atoms with Crippen LogP contribution >= 0.6 is 0 Å². The lowest BCUT2D eigenvalue weighted by atomic mass is 10.1. The van der Waals surface area contributed by atoms with Gasteiger partial charge in [0.15, 0.2) is 0 Å². The summed E-state index contributed by atoms with van der Waals surface area (Å²) >= 11 is 0.